The molecule has 1 fully saturated rings. The largest absolute Gasteiger partial charge is 0.369 e. The van der Waals surface area contributed by atoms with Crippen molar-refractivity contribution in [1.29, 1.82) is 0 Å². The second kappa shape index (κ2) is 5.35. The second-order valence-corrected chi connectivity index (χ2v) is 4.56. The van der Waals surface area contributed by atoms with Crippen LogP contribution in [0.1, 0.15) is 12.0 Å². The first kappa shape index (κ1) is 11.5. The van der Waals surface area contributed by atoms with Gasteiger partial charge in [0.1, 0.15) is 0 Å². The molecule has 1 radical (unpaired) electrons. The molecule has 1 aliphatic heterocycles. The molecule has 2 heteroatoms. The SMILES string of the molecule is [CH2]CCc1ccc(N2CCN(C)CC2)cc1. The van der Waals surface area contributed by atoms with Gasteiger partial charge in [-0.25, -0.2) is 0 Å². The predicted octanol–water partition coefficient (Wildman–Crippen LogP) is 2.21. The average Bonchev–Trinajstić information content (AvgIpc) is 2.32. The summed E-state index contributed by atoms with van der Waals surface area (Å²) in [6.45, 7) is 8.51. The Morgan fingerprint density at radius 3 is 2.25 bits per heavy atom. The molecule has 1 heterocycles. The van der Waals surface area contributed by atoms with Gasteiger partial charge in [0.05, 0.1) is 0 Å². The first-order valence-electron chi connectivity index (χ1n) is 6.11. The van der Waals surface area contributed by atoms with E-state index in [0.29, 0.717) is 0 Å². The average molecular weight is 217 g/mol. The summed E-state index contributed by atoms with van der Waals surface area (Å²) in [5.74, 6) is 0. The van der Waals surface area contributed by atoms with Crippen molar-refractivity contribution >= 4 is 5.69 Å². The van der Waals surface area contributed by atoms with Gasteiger partial charge >= 0.3 is 0 Å². The van der Waals surface area contributed by atoms with E-state index < -0.39 is 0 Å². The van der Waals surface area contributed by atoms with Crippen LogP contribution in [-0.4, -0.2) is 38.1 Å². The summed E-state index contributed by atoms with van der Waals surface area (Å²) in [7, 11) is 2.19. The Hall–Kier alpha value is -1.02. The fourth-order valence-electron chi connectivity index (χ4n) is 2.14. The Labute approximate surface area is 98.9 Å². The maximum Gasteiger partial charge on any atom is 0.0367 e. The summed E-state index contributed by atoms with van der Waals surface area (Å²) in [4.78, 5) is 4.85. The van der Waals surface area contributed by atoms with Crippen molar-refractivity contribution in [3.8, 4) is 0 Å². The number of nitrogens with zero attached hydrogens (tertiary/aromatic N) is 2. The molecule has 2 rings (SSSR count). The number of likely N-dealkylation sites (N-methyl/N-ethyl adjacent to an activating group) is 1. The van der Waals surface area contributed by atoms with Crippen LogP contribution in [-0.2, 0) is 6.42 Å². The van der Waals surface area contributed by atoms with E-state index in [2.05, 4.69) is 48.0 Å². The molecule has 0 spiro atoms. The number of anilines is 1. The molecule has 0 bridgehead atoms. The van der Waals surface area contributed by atoms with E-state index in [9.17, 15) is 0 Å². The summed E-state index contributed by atoms with van der Waals surface area (Å²) < 4.78 is 0. The first-order chi connectivity index (χ1) is 7.79. The molecular weight excluding hydrogens is 196 g/mol. The van der Waals surface area contributed by atoms with Crippen LogP contribution < -0.4 is 4.90 Å². The predicted molar refractivity (Wildman–Crippen MR) is 69.8 cm³/mol. The molecule has 0 N–H and O–H groups in total. The molecule has 0 aliphatic carbocycles. The summed E-state index contributed by atoms with van der Waals surface area (Å²) in [5, 5.41) is 0. The minimum Gasteiger partial charge on any atom is -0.369 e. The van der Waals surface area contributed by atoms with Crippen LogP contribution in [0.3, 0.4) is 0 Å². The smallest absolute Gasteiger partial charge is 0.0367 e. The lowest BCUT2D eigenvalue weighted by Gasteiger charge is -2.34. The van der Waals surface area contributed by atoms with Gasteiger partial charge in [-0.1, -0.05) is 19.1 Å². The van der Waals surface area contributed by atoms with Gasteiger partial charge in [-0.2, -0.15) is 0 Å². The molecule has 0 aromatic heterocycles. The molecular formula is C14H21N2. The number of hydrogen-bond donors (Lipinski definition) is 0. The van der Waals surface area contributed by atoms with E-state index >= 15 is 0 Å². The van der Waals surface area contributed by atoms with Crippen molar-refractivity contribution in [3.63, 3.8) is 0 Å². The van der Waals surface area contributed by atoms with Crippen LogP contribution in [0.5, 0.6) is 0 Å². The highest BCUT2D eigenvalue weighted by Crippen LogP contribution is 2.17. The van der Waals surface area contributed by atoms with Crippen molar-refractivity contribution in [2.45, 2.75) is 12.8 Å². The van der Waals surface area contributed by atoms with Crippen LogP contribution in [0.2, 0.25) is 0 Å². The normalized spacial score (nSPS) is 17.8. The zero-order chi connectivity index (χ0) is 11.4. The minimum absolute atomic E-state index is 0.980. The molecule has 1 saturated heterocycles. The van der Waals surface area contributed by atoms with E-state index in [4.69, 9.17) is 0 Å². The highest BCUT2D eigenvalue weighted by molar-refractivity contribution is 5.48. The summed E-state index contributed by atoms with van der Waals surface area (Å²) in [6.07, 6.45) is 2.07. The fraction of sp³-hybridized carbons (Fsp3) is 0.500. The molecule has 1 aliphatic rings. The van der Waals surface area contributed by atoms with Gasteiger partial charge in [0.25, 0.3) is 0 Å². The minimum atomic E-state index is 0.980. The number of hydrogen-bond acceptors (Lipinski definition) is 2. The molecule has 0 amide bonds. The van der Waals surface area contributed by atoms with E-state index in [-0.39, 0.29) is 0 Å². The zero-order valence-corrected chi connectivity index (χ0v) is 10.2. The molecule has 1 aromatic rings. The number of rotatable bonds is 3. The quantitative estimate of drug-likeness (QED) is 0.766. The van der Waals surface area contributed by atoms with Crippen LogP contribution in [0.15, 0.2) is 24.3 Å². The Morgan fingerprint density at radius 1 is 1.06 bits per heavy atom. The molecule has 0 saturated carbocycles. The third-order valence-corrected chi connectivity index (χ3v) is 3.27. The van der Waals surface area contributed by atoms with Crippen molar-refractivity contribution in [3.05, 3.63) is 36.8 Å². The monoisotopic (exact) mass is 217 g/mol. The van der Waals surface area contributed by atoms with E-state index in [0.717, 1.165) is 25.9 Å². The van der Waals surface area contributed by atoms with Crippen molar-refractivity contribution < 1.29 is 0 Å². The lowest BCUT2D eigenvalue weighted by Crippen LogP contribution is -2.44. The van der Waals surface area contributed by atoms with Crippen molar-refractivity contribution in [2.75, 3.05) is 38.1 Å². The topological polar surface area (TPSA) is 6.48 Å². The second-order valence-electron chi connectivity index (χ2n) is 4.56. The Morgan fingerprint density at radius 2 is 1.69 bits per heavy atom. The zero-order valence-electron chi connectivity index (χ0n) is 10.2. The van der Waals surface area contributed by atoms with E-state index in [1.807, 2.05) is 0 Å². The van der Waals surface area contributed by atoms with Crippen molar-refractivity contribution in [1.82, 2.24) is 4.90 Å². The van der Waals surface area contributed by atoms with Crippen LogP contribution in [0, 0.1) is 6.92 Å². The number of aryl methyl sites for hydroxylation is 1. The lowest BCUT2D eigenvalue weighted by molar-refractivity contribution is 0.313. The summed E-state index contributed by atoms with van der Waals surface area (Å²) >= 11 is 0. The lowest BCUT2D eigenvalue weighted by atomic mass is 10.1. The van der Waals surface area contributed by atoms with Gasteiger partial charge in [-0.15, -0.1) is 0 Å². The third-order valence-electron chi connectivity index (χ3n) is 3.27. The van der Waals surface area contributed by atoms with Crippen LogP contribution in [0.4, 0.5) is 5.69 Å². The Kier molecular flexibility index (Phi) is 3.83. The Balaban J connectivity index is 1.98. The number of benzene rings is 1. The standard InChI is InChI=1S/C14H21N2/c1-3-4-13-5-7-14(8-6-13)16-11-9-15(2)10-12-16/h5-8H,1,3-4,9-12H2,2H3. The molecule has 1 aromatic carbocycles. The van der Waals surface area contributed by atoms with Gasteiger partial charge in [0.15, 0.2) is 0 Å². The maximum atomic E-state index is 3.89. The molecule has 87 valence electrons. The summed E-state index contributed by atoms with van der Waals surface area (Å²) in [6, 6.07) is 8.96. The van der Waals surface area contributed by atoms with Crippen LogP contribution in [0.25, 0.3) is 0 Å². The molecule has 0 unspecified atom stereocenters. The highest BCUT2D eigenvalue weighted by atomic mass is 15.2. The third kappa shape index (κ3) is 2.76. The Bertz CT molecular complexity index is 310. The van der Waals surface area contributed by atoms with E-state index in [1.54, 1.807) is 0 Å². The van der Waals surface area contributed by atoms with Gasteiger partial charge in [-0.05, 0) is 37.6 Å². The van der Waals surface area contributed by atoms with Gasteiger partial charge in [0.2, 0.25) is 0 Å². The van der Waals surface area contributed by atoms with Crippen LogP contribution >= 0.6 is 0 Å². The van der Waals surface area contributed by atoms with Crippen molar-refractivity contribution in [2.24, 2.45) is 0 Å². The molecule has 16 heavy (non-hydrogen) atoms. The summed E-state index contributed by atoms with van der Waals surface area (Å²) in [5.41, 5.74) is 2.76. The van der Waals surface area contributed by atoms with Gasteiger partial charge < -0.3 is 9.80 Å². The molecule has 2 nitrogen and oxygen atoms in total. The first-order valence-corrected chi connectivity index (χ1v) is 6.11. The van der Waals surface area contributed by atoms with E-state index in [1.165, 1.54) is 24.3 Å². The fourth-order valence-corrected chi connectivity index (χ4v) is 2.14. The highest BCUT2D eigenvalue weighted by Gasteiger charge is 2.13. The van der Waals surface area contributed by atoms with Gasteiger partial charge in [0, 0.05) is 31.9 Å². The van der Waals surface area contributed by atoms with Gasteiger partial charge in [-0.3, -0.25) is 0 Å². The number of piperazine rings is 1. The maximum absolute atomic E-state index is 3.89. The molecule has 0 atom stereocenters.